The van der Waals surface area contributed by atoms with Crippen LogP contribution in [0.2, 0.25) is 0 Å². The van der Waals surface area contributed by atoms with Gasteiger partial charge in [0.1, 0.15) is 11.5 Å². The van der Waals surface area contributed by atoms with Crippen molar-refractivity contribution < 1.29 is 23.9 Å². The van der Waals surface area contributed by atoms with E-state index in [-0.39, 0.29) is 17.4 Å². The normalized spacial score (nSPS) is 15.0. The van der Waals surface area contributed by atoms with Gasteiger partial charge in [0.15, 0.2) is 0 Å². The van der Waals surface area contributed by atoms with Crippen molar-refractivity contribution in [3.63, 3.8) is 0 Å². The Kier molecular flexibility index (Phi) is 6.11. The number of furan rings is 1. The van der Waals surface area contributed by atoms with Crippen molar-refractivity contribution in [1.82, 2.24) is 0 Å². The smallest absolute Gasteiger partial charge is 0.335 e. The molecular formula is C32H26N2O5. The van der Waals surface area contributed by atoms with Gasteiger partial charge in [0.05, 0.1) is 11.1 Å². The standard InChI is InChI=1S/C32H26N2O5/c1-18-6-8-19(9-7-18)29-23-4-2-3-5-27(23)39-28(29)17-25-24-16-22(14-15-26(24)34-31(25)36)33-30(35)20-10-12-21(13-11-20)32(37)38/h6-17H,2-5H2,1H3,(H,33,35)(H,34,36)(H,37,38). The summed E-state index contributed by atoms with van der Waals surface area (Å²) in [5.74, 6) is -0.0222. The van der Waals surface area contributed by atoms with Gasteiger partial charge in [-0.15, -0.1) is 0 Å². The van der Waals surface area contributed by atoms with Crippen molar-refractivity contribution in [3.8, 4) is 11.1 Å². The second kappa shape index (κ2) is 9.76. The van der Waals surface area contributed by atoms with E-state index in [1.165, 1.54) is 35.4 Å². The molecule has 6 rings (SSSR count). The molecule has 7 nitrogen and oxygen atoms in total. The van der Waals surface area contributed by atoms with Gasteiger partial charge >= 0.3 is 5.97 Å². The molecular weight excluding hydrogens is 492 g/mol. The molecule has 0 atom stereocenters. The van der Waals surface area contributed by atoms with E-state index in [0.717, 1.165) is 42.6 Å². The van der Waals surface area contributed by atoms with Gasteiger partial charge in [-0.05, 0) is 80.3 Å². The van der Waals surface area contributed by atoms with Crippen LogP contribution in [0.5, 0.6) is 0 Å². The summed E-state index contributed by atoms with van der Waals surface area (Å²) < 4.78 is 6.36. The minimum atomic E-state index is -1.06. The predicted molar refractivity (Wildman–Crippen MR) is 150 cm³/mol. The van der Waals surface area contributed by atoms with Gasteiger partial charge in [0.2, 0.25) is 0 Å². The Labute approximate surface area is 225 Å². The highest BCUT2D eigenvalue weighted by atomic mass is 16.4. The monoisotopic (exact) mass is 518 g/mol. The average Bonchev–Trinajstić information content (AvgIpc) is 3.46. The lowest BCUT2D eigenvalue weighted by Gasteiger charge is -2.11. The van der Waals surface area contributed by atoms with Crippen LogP contribution in [-0.4, -0.2) is 22.9 Å². The summed E-state index contributed by atoms with van der Waals surface area (Å²) in [5, 5.41) is 14.8. The molecule has 0 unspecified atom stereocenters. The molecule has 3 N–H and O–H groups in total. The minimum Gasteiger partial charge on any atom is -0.478 e. The van der Waals surface area contributed by atoms with Crippen molar-refractivity contribution >= 4 is 40.8 Å². The zero-order chi connectivity index (χ0) is 27.1. The molecule has 0 saturated carbocycles. The highest BCUT2D eigenvalue weighted by molar-refractivity contribution is 6.35. The molecule has 2 aliphatic rings. The number of aryl methyl sites for hydroxylation is 2. The number of fused-ring (bicyclic) bond motifs is 2. The van der Waals surface area contributed by atoms with Crippen LogP contribution in [-0.2, 0) is 17.6 Å². The average molecular weight is 519 g/mol. The fourth-order valence-electron chi connectivity index (χ4n) is 5.23. The molecule has 3 aromatic carbocycles. The van der Waals surface area contributed by atoms with Gasteiger partial charge in [0.25, 0.3) is 11.8 Å². The van der Waals surface area contributed by atoms with Crippen LogP contribution in [0.3, 0.4) is 0 Å². The molecule has 0 bridgehead atoms. The quantitative estimate of drug-likeness (QED) is 0.259. The molecule has 2 heterocycles. The number of carbonyl (C=O) groups excluding carboxylic acids is 2. The van der Waals surface area contributed by atoms with E-state index in [0.29, 0.717) is 33.8 Å². The number of anilines is 2. The first-order valence-corrected chi connectivity index (χ1v) is 12.9. The lowest BCUT2D eigenvalue weighted by atomic mass is 9.90. The van der Waals surface area contributed by atoms with Gasteiger partial charge in [-0.1, -0.05) is 29.8 Å². The van der Waals surface area contributed by atoms with E-state index in [4.69, 9.17) is 9.52 Å². The molecule has 0 fully saturated rings. The fraction of sp³-hybridized carbons (Fsp3) is 0.156. The Hall–Kier alpha value is -4.91. The lowest BCUT2D eigenvalue weighted by Crippen LogP contribution is -2.12. The third kappa shape index (κ3) is 4.63. The van der Waals surface area contributed by atoms with E-state index in [1.54, 1.807) is 18.2 Å². The molecule has 1 aromatic heterocycles. The highest BCUT2D eigenvalue weighted by Crippen LogP contribution is 2.41. The van der Waals surface area contributed by atoms with Gasteiger partial charge in [0, 0.05) is 40.0 Å². The Morgan fingerprint density at radius 3 is 2.41 bits per heavy atom. The molecule has 1 aliphatic carbocycles. The maximum Gasteiger partial charge on any atom is 0.335 e. The number of aromatic carboxylic acids is 1. The Bertz CT molecular complexity index is 1660. The van der Waals surface area contributed by atoms with Crippen LogP contribution >= 0.6 is 0 Å². The number of carboxylic acid groups (broad SMARTS) is 1. The van der Waals surface area contributed by atoms with Crippen molar-refractivity contribution in [2.45, 2.75) is 32.6 Å². The molecule has 39 heavy (non-hydrogen) atoms. The summed E-state index contributed by atoms with van der Waals surface area (Å²) in [6, 6.07) is 19.3. The van der Waals surface area contributed by atoms with Crippen LogP contribution in [0.25, 0.3) is 22.8 Å². The number of amides is 2. The van der Waals surface area contributed by atoms with Crippen LogP contribution in [0.15, 0.2) is 71.1 Å². The van der Waals surface area contributed by atoms with E-state index < -0.39 is 5.97 Å². The van der Waals surface area contributed by atoms with Gasteiger partial charge in [-0.25, -0.2) is 4.79 Å². The largest absolute Gasteiger partial charge is 0.478 e. The third-order valence-corrected chi connectivity index (χ3v) is 7.27. The molecule has 1 aliphatic heterocycles. The first-order valence-electron chi connectivity index (χ1n) is 12.9. The second-order valence-electron chi connectivity index (χ2n) is 9.93. The molecule has 0 spiro atoms. The lowest BCUT2D eigenvalue weighted by molar-refractivity contribution is -0.110. The molecule has 2 amide bonds. The number of hydrogen-bond acceptors (Lipinski definition) is 4. The SMILES string of the molecule is Cc1ccc(-c2c(C=C3C(=O)Nc4ccc(NC(=O)c5ccc(C(=O)O)cc5)cc43)oc3c2CCCC3)cc1. The first kappa shape index (κ1) is 24.4. The summed E-state index contributed by atoms with van der Waals surface area (Å²) in [7, 11) is 0. The van der Waals surface area contributed by atoms with E-state index in [9.17, 15) is 14.4 Å². The van der Waals surface area contributed by atoms with Crippen molar-refractivity contribution in [2.24, 2.45) is 0 Å². The molecule has 0 saturated heterocycles. The molecule has 0 radical (unpaired) electrons. The summed E-state index contributed by atoms with van der Waals surface area (Å²) in [6.45, 7) is 2.05. The Morgan fingerprint density at radius 2 is 1.67 bits per heavy atom. The second-order valence-corrected chi connectivity index (χ2v) is 9.93. The maximum absolute atomic E-state index is 13.1. The van der Waals surface area contributed by atoms with Crippen molar-refractivity contribution in [2.75, 3.05) is 10.6 Å². The van der Waals surface area contributed by atoms with Crippen molar-refractivity contribution in [3.05, 3.63) is 106 Å². The summed E-state index contributed by atoms with van der Waals surface area (Å²) in [6.07, 6.45) is 5.81. The number of carbonyl (C=O) groups is 3. The molecule has 194 valence electrons. The maximum atomic E-state index is 13.1. The van der Waals surface area contributed by atoms with Gasteiger partial charge < -0.3 is 20.2 Å². The Morgan fingerprint density at radius 1 is 0.949 bits per heavy atom. The zero-order valence-electron chi connectivity index (χ0n) is 21.3. The minimum absolute atomic E-state index is 0.105. The molecule has 7 heteroatoms. The summed E-state index contributed by atoms with van der Waals surface area (Å²) in [4.78, 5) is 37.0. The van der Waals surface area contributed by atoms with Crippen LogP contribution < -0.4 is 10.6 Å². The van der Waals surface area contributed by atoms with Crippen LogP contribution in [0, 0.1) is 6.92 Å². The van der Waals surface area contributed by atoms with E-state index in [1.807, 2.05) is 6.08 Å². The fourth-order valence-corrected chi connectivity index (χ4v) is 5.23. The molecule has 4 aromatic rings. The van der Waals surface area contributed by atoms with E-state index >= 15 is 0 Å². The van der Waals surface area contributed by atoms with E-state index in [2.05, 4.69) is 41.8 Å². The Balaban J connectivity index is 1.35. The van der Waals surface area contributed by atoms with Gasteiger partial charge in [-0.2, -0.15) is 0 Å². The number of hydrogen-bond donors (Lipinski definition) is 3. The zero-order valence-corrected chi connectivity index (χ0v) is 21.3. The summed E-state index contributed by atoms with van der Waals surface area (Å²) >= 11 is 0. The predicted octanol–water partition coefficient (Wildman–Crippen LogP) is 6.58. The number of nitrogens with one attached hydrogen (secondary N) is 2. The number of benzene rings is 3. The number of rotatable bonds is 5. The number of carboxylic acids is 1. The van der Waals surface area contributed by atoms with Crippen LogP contribution in [0.4, 0.5) is 11.4 Å². The first-order chi connectivity index (χ1) is 18.9. The highest BCUT2D eigenvalue weighted by Gasteiger charge is 2.28. The summed E-state index contributed by atoms with van der Waals surface area (Å²) in [5.41, 5.74) is 7.22. The third-order valence-electron chi connectivity index (χ3n) is 7.27. The van der Waals surface area contributed by atoms with Crippen molar-refractivity contribution in [1.29, 1.82) is 0 Å². The topological polar surface area (TPSA) is 109 Å². The van der Waals surface area contributed by atoms with Crippen LogP contribution in [0.1, 0.15) is 61.8 Å². The van der Waals surface area contributed by atoms with Gasteiger partial charge in [-0.3, -0.25) is 9.59 Å².